The van der Waals surface area contributed by atoms with Gasteiger partial charge in [0.15, 0.2) is 11.8 Å². The molecule has 1 heterocycles. The van der Waals surface area contributed by atoms with Crippen LogP contribution in [0.25, 0.3) is 0 Å². The maximum Gasteiger partial charge on any atom is 0.228 e. The first-order chi connectivity index (χ1) is 9.76. The van der Waals surface area contributed by atoms with Crippen LogP contribution in [0.4, 0.5) is 0 Å². The van der Waals surface area contributed by atoms with Crippen molar-refractivity contribution < 1.29 is 9.26 Å². The van der Waals surface area contributed by atoms with Gasteiger partial charge >= 0.3 is 0 Å². The average Bonchev–Trinajstić information content (AvgIpc) is 2.84. The van der Waals surface area contributed by atoms with Crippen LogP contribution in [0.1, 0.15) is 32.0 Å². The number of aromatic nitrogens is 2. The first kappa shape index (κ1) is 16.4. The number of aliphatic imine (C=N–C) groups is 1. The van der Waals surface area contributed by atoms with Crippen molar-refractivity contribution in [3.05, 3.63) is 11.7 Å². The molecule has 0 bridgehead atoms. The molecular weight excluding hydrogens is 258 g/mol. The van der Waals surface area contributed by atoms with Crippen molar-refractivity contribution in [2.75, 3.05) is 32.8 Å². The van der Waals surface area contributed by atoms with Crippen LogP contribution >= 0.6 is 0 Å². The summed E-state index contributed by atoms with van der Waals surface area (Å²) in [6.07, 6.45) is 1.61. The maximum absolute atomic E-state index is 5.28. The Balaban J connectivity index is 2.25. The van der Waals surface area contributed by atoms with Crippen LogP contribution in [-0.2, 0) is 11.2 Å². The molecule has 1 rings (SSSR count). The molecule has 0 aliphatic heterocycles. The second-order valence-corrected chi connectivity index (χ2v) is 4.22. The Hall–Kier alpha value is -1.63. The fraction of sp³-hybridized carbons (Fsp3) is 0.769. The normalized spacial score (nSPS) is 11.7. The monoisotopic (exact) mass is 283 g/mol. The van der Waals surface area contributed by atoms with E-state index in [1.54, 1.807) is 0 Å². The topological polar surface area (TPSA) is 84.6 Å². The molecule has 0 aliphatic carbocycles. The van der Waals surface area contributed by atoms with Gasteiger partial charge in [-0.1, -0.05) is 5.16 Å². The summed E-state index contributed by atoms with van der Waals surface area (Å²) >= 11 is 0. The minimum Gasteiger partial charge on any atom is -0.382 e. The third-order valence-electron chi connectivity index (χ3n) is 2.47. The summed E-state index contributed by atoms with van der Waals surface area (Å²) in [6, 6.07) is 0. The lowest BCUT2D eigenvalue weighted by molar-refractivity contribution is 0.146. The first-order valence-electron chi connectivity index (χ1n) is 7.15. The zero-order valence-electron chi connectivity index (χ0n) is 12.6. The quantitative estimate of drug-likeness (QED) is 0.398. The van der Waals surface area contributed by atoms with Crippen LogP contribution in [0.15, 0.2) is 9.52 Å². The standard InChI is InChI=1S/C13H25N5O2/c1-4-14-13(15-8-6-10-19-5-2)16-9-7-12-17-11(3)18-20-12/h4-10H2,1-3H3,(H2,14,15,16). The van der Waals surface area contributed by atoms with Gasteiger partial charge in [-0.3, -0.25) is 4.99 Å². The highest BCUT2D eigenvalue weighted by atomic mass is 16.5. The third-order valence-corrected chi connectivity index (χ3v) is 2.47. The van der Waals surface area contributed by atoms with E-state index in [2.05, 4.69) is 25.8 Å². The number of nitrogens with zero attached hydrogens (tertiary/aromatic N) is 3. The Kier molecular flexibility index (Phi) is 8.37. The number of guanidine groups is 1. The molecule has 0 saturated heterocycles. The summed E-state index contributed by atoms with van der Waals surface area (Å²) in [7, 11) is 0. The molecule has 0 spiro atoms. The van der Waals surface area contributed by atoms with Gasteiger partial charge in [-0.05, 0) is 27.2 Å². The Morgan fingerprint density at radius 2 is 2.20 bits per heavy atom. The molecule has 0 radical (unpaired) electrons. The van der Waals surface area contributed by atoms with Crippen LogP contribution < -0.4 is 10.6 Å². The van der Waals surface area contributed by atoms with Crippen molar-refractivity contribution in [3.8, 4) is 0 Å². The number of aryl methyl sites for hydroxylation is 1. The van der Waals surface area contributed by atoms with E-state index in [1.165, 1.54) is 0 Å². The molecule has 114 valence electrons. The highest BCUT2D eigenvalue weighted by Crippen LogP contribution is 1.95. The largest absolute Gasteiger partial charge is 0.382 e. The highest BCUT2D eigenvalue weighted by molar-refractivity contribution is 5.79. The van der Waals surface area contributed by atoms with E-state index in [4.69, 9.17) is 9.26 Å². The number of hydrogen-bond acceptors (Lipinski definition) is 5. The summed E-state index contributed by atoms with van der Waals surface area (Å²) < 4.78 is 10.3. The van der Waals surface area contributed by atoms with Gasteiger partial charge in [0, 0.05) is 39.3 Å². The smallest absolute Gasteiger partial charge is 0.228 e. The number of nitrogens with one attached hydrogen (secondary N) is 2. The molecule has 0 atom stereocenters. The van der Waals surface area contributed by atoms with Crippen LogP contribution in [0.2, 0.25) is 0 Å². The summed E-state index contributed by atoms with van der Waals surface area (Å²) in [6.45, 7) is 9.63. The molecule has 1 aromatic heterocycles. The molecule has 20 heavy (non-hydrogen) atoms. The lowest BCUT2D eigenvalue weighted by Gasteiger charge is -2.10. The van der Waals surface area contributed by atoms with Crippen molar-refractivity contribution in [2.45, 2.75) is 33.6 Å². The molecule has 7 nitrogen and oxygen atoms in total. The SMILES string of the molecule is CCNC(=NCCCOCC)NCCc1nc(C)no1. The van der Waals surface area contributed by atoms with E-state index in [9.17, 15) is 0 Å². The van der Waals surface area contributed by atoms with E-state index in [0.717, 1.165) is 38.7 Å². The predicted octanol–water partition coefficient (Wildman–Crippen LogP) is 0.902. The molecule has 0 aliphatic rings. The van der Waals surface area contributed by atoms with Gasteiger partial charge in [0.2, 0.25) is 5.89 Å². The molecular formula is C13H25N5O2. The zero-order chi connectivity index (χ0) is 14.6. The summed E-state index contributed by atoms with van der Waals surface area (Å²) in [5.74, 6) is 2.11. The minimum atomic E-state index is 0.641. The lowest BCUT2D eigenvalue weighted by atomic mass is 10.4. The Morgan fingerprint density at radius 3 is 2.85 bits per heavy atom. The van der Waals surface area contributed by atoms with E-state index in [-0.39, 0.29) is 0 Å². The second-order valence-electron chi connectivity index (χ2n) is 4.22. The maximum atomic E-state index is 5.28. The van der Waals surface area contributed by atoms with Crippen LogP contribution in [0, 0.1) is 6.92 Å². The molecule has 0 fully saturated rings. The molecule has 0 aromatic carbocycles. The Morgan fingerprint density at radius 1 is 1.35 bits per heavy atom. The first-order valence-corrected chi connectivity index (χ1v) is 7.15. The van der Waals surface area contributed by atoms with Crippen molar-refractivity contribution in [2.24, 2.45) is 4.99 Å². The fourth-order valence-electron chi connectivity index (χ4n) is 1.57. The molecule has 1 aromatic rings. The van der Waals surface area contributed by atoms with Crippen LogP contribution in [0.5, 0.6) is 0 Å². The minimum absolute atomic E-state index is 0.641. The zero-order valence-corrected chi connectivity index (χ0v) is 12.6. The van der Waals surface area contributed by atoms with Crippen molar-refractivity contribution in [1.29, 1.82) is 0 Å². The van der Waals surface area contributed by atoms with E-state index in [1.807, 2.05) is 20.8 Å². The summed E-state index contributed by atoms with van der Waals surface area (Å²) in [4.78, 5) is 8.62. The lowest BCUT2D eigenvalue weighted by Crippen LogP contribution is -2.38. The van der Waals surface area contributed by atoms with E-state index in [0.29, 0.717) is 24.7 Å². The van der Waals surface area contributed by atoms with Gasteiger partial charge in [0.25, 0.3) is 0 Å². The van der Waals surface area contributed by atoms with E-state index < -0.39 is 0 Å². The Bertz CT molecular complexity index is 392. The number of ether oxygens (including phenoxy) is 1. The average molecular weight is 283 g/mol. The van der Waals surface area contributed by atoms with Gasteiger partial charge in [-0.25, -0.2) is 0 Å². The van der Waals surface area contributed by atoms with Gasteiger partial charge in [0.1, 0.15) is 0 Å². The van der Waals surface area contributed by atoms with Crippen molar-refractivity contribution in [3.63, 3.8) is 0 Å². The predicted molar refractivity (Wildman–Crippen MR) is 77.8 cm³/mol. The molecule has 2 N–H and O–H groups in total. The third kappa shape index (κ3) is 7.08. The van der Waals surface area contributed by atoms with Gasteiger partial charge in [0.05, 0.1) is 0 Å². The highest BCUT2D eigenvalue weighted by Gasteiger charge is 2.03. The molecule has 7 heteroatoms. The number of hydrogen-bond donors (Lipinski definition) is 2. The number of rotatable bonds is 9. The Labute approximate surface area is 120 Å². The van der Waals surface area contributed by atoms with Crippen molar-refractivity contribution in [1.82, 2.24) is 20.8 Å². The van der Waals surface area contributed by atoms with Crippen LogP contribution in [-0.4, -0.2) is 48.9 Å². The second kappa shape index (κ2) is 10.2. The molecule has 0 unspecified atom stereocenters. The van der Waals surface area contributed by atoms with Crippen LogP contribution in [0.3, 0.4) is 0 Å². The summed E-state index contributed by atoms with van der Waals surface area (Å²) in [5.41, 5.74) is 0. The van der Waals surface area contributed by atoms with Gasteiger partial charge < -0.3 is 19.9 Å². The van der Waals surface area contributed by atoms with Crippen molar-refractivity contribution >= 4 is 5.96 Å². The fourth-order valence-corrected chi connectivity index (χ4v) is 1.57. The van der Waals surface area contributed by atoms with Gasteiger partial charge in [-0.2, -0.15) is 4.98 Å². The molecule has 0 saturated carbocycles. The van der Waals surface area contributed by atoms with E-state index >= 15 is 0 Å². The summed E-state index contributed by atoms with van der Waals surface area (Å²) in [5, 5.41) is 10.2. The van der Waals surface area contributed by atoms with Gasteiger partial charge in [-0.15, -0.1) is 0 Å². The molecule has 0 amide bonds.